The lowest BCUT2D eigenvalue weighted by Crippen LogP contribution is -2.30. The largest absolute Gasteiger partial charge is 0.492 e. The summed E-state index contributed by atoms with van der Waals surface area (Å²) in [6, 6.07) is 9.46. The van der Waals surface area contributed by atoms with Gasteiger partial charge in [-0.25, -0.2) is 0 Å². The molecule has 24 heavy (non-hydrogen) atoms. The zero-order chi connectivity index (χ0) is 17.7. The van der Waals surface area contributed by atoms with Crippen LogP contribution in [0.3, 0.4) is 0 Å². The summed E-state index contributed by atoms with van der Waals surface area (Å²) in [6.45, 7) is 3.54. The summed E-state index contributed by atoms with van der Waals surface area (Å²) < 4.78 is 6.48. The summed E-state index contributed by atoms with van der Waals surface area (Å²) in [5.74, 6) is 0.0318. The maximum absolute atomic E-state index is 12.2. The van der Waals surface area contributed by atoms with Crippen LogP contribution >= 0.6 is 0 Å². The first kappa shape index (κ1) is 17.2. The smallest absolute Gasteiger partial charge is 0.334 e. The van der Waals surface area contributed by atoms with Gasteiger partial charge < -0.3 is 10.1 Å². The summed E-state index contributed by atoms with van der Waals surface area (Å²) >= 11 is 0. The number of nitrogens with one attached hydrogen (secondary N) is 1. The fourth-order valence-corrected chi connectivity index (χ4v) is 2.18. The number of ether oxygens (including phenoxy) is 1. The van der Waals surface area contributed by atoms with Gasteiger partial charge in [-0.05, 0) is 32.0 Å². The summed E-state index contributed by atoms with van der Waals surface area (Å²) in [7, 11) is 0. The van der Waals surface area contributed by atoms with E-state index in [0.29, 0.717) is 23.7 Å². The van der Waals surface area contributed by atoms with Crippen molar-refractivity contribution < 1.29 is 14.5 Å². The number of hydrogen-bond donors (Lipinski definition) is 1. The molecule has 0 saturated carbocycles. The Morgan fingerprint density at radius 3 is 2.67 bits per heavy atom. The van der Waals surface area contributed by atoms with Crippen LogP contribution in [0.15, 0.2) is 41.2 Å². The minimum Gasteiger partial charge on any atom is -0.492 e. The lowest BCUT2D eigenvalue weighted by molar-refractivity contribution is -0.386. The van der Waals surface area contributed by atoms with Gasteiger partial charge in [0.05, 0.1) is 17.2 Å². The van der Waals surface area contributed by atoms with E-state index in [1.807, 2.05) is 6.92 Å². The number of hydrogen-bond acceptors (Lipinski definition) is 5. The Hall–Kier alpha value is -3.16. The van der Waals surface area contributed by atoms with Gasteiger partial charge in [0.25, 0.3) is 0 Å². The van der Waals surface area contributed by atoms with Crippen molar-refractivity contribution in [3.63, 3.8) is 0 Å². The number of pyridine rings is 1. The molecule has 1 N–H and O–H groups in total. The molecular weight excluding hydrogens is 314 g/mol. The number of rotatable bonds is 6. The highest BCUT2D eigenvalue weighted by Gasteiger charge is 2.18. The van der Waals surface area contributed by atoms with Crippen molar-refractivity contribution in [2.45, 2.75) is 20.4 Å². The van der Waals surface area contributed by atoms with Crippen molar-refractivity contribution in [1.29, 1.82) is 0 Å². The number of para-hydroxylation sites is 2. The number of carbonyl (C=O) groups is 1. The summed E-state index contributed by atoms with van der Waals surface area (Å²) in [5, 5.41) is 13.5. The number of aryl methyl sites for hydroxylation is 1. The molecule has 0 bridgehead atoms. The summed E-state index contributed by atoms with van der Waals surface area (Å²) in [5.41, 5.74) is -0.448. The standard InChI is InChI=1S/C16H17N3O5/c1-3-24-14-7-5-4-6-12(14)17-15(20)10-18-11(2)8-9-13(16(18)21)19(22)23/h4-9H,3,10H2,1-2H3,(H,17,20). The van der Waals surface area contributed by atoms with E-state index < -0.39 is 22.1 Å². The maximum Gasteiger partial charge on any atom is 0.334 e. The lowest BCUT2D eigenvalue weighted by atomic mass is 10.3. The molecule has 1 amide bonds. The van der Waals surface area contributed by atoms with E-state index >= 15 is 0 Å². The molecule has 126 valence electrons. The van der Waals surface area contributed by atoms with Crippen molar-refractivity contribution in [1.82, 2.24) is 4.57 Å². The lowest BCUT2D eigenvalue weighted by Gasteiger charge is -2.13. The highest BCUT2D eigenvalue weighted by atomic mass is 16.6. The zero-order valence-electron chi connectivity index (χ0n) is 13.3. The summed E-state index contributed by atoms with van der Waals surface area (Å²) in [4.78, 5) is 34.4. The van der Waals surface area contributed by atoms with Crippen LogP contribution in [0.2, 0.25) is 0 Å². The minimum atomic E-state index is -0.812. The van der Waals surface area contributed by atoms with E-state index in [0.717, 1.165) is 10.6 Å². The van der Waals surface area contributed by atoms with Crippen molar-refractivity contribution in [3.8, 4) is 5.75 Å². The van der Waals surface area contributed by atoms with E-state index in [1.165, 1.54) is 6.07 Å². The molecule has 0 fully saturated rings. The van der Waals surface area contributed by atoms with Crippen molar-refractivity contribution in [2.24, 2.45) is 0 Å². The average Bonchev–Trinajstić information content (AvgIpc) is 2.53. The first-order valence-corrected chi connectivity index (χ1v) is 7.30. The second-order valence-electron chi connectivity index (χ2n) is 4.99. The van der Waals surface area contributed by atoms with Gasteiger partial charge in [0, 0.05) is 11.8 Å². The molecule has 1 aromatic carbocycles. The maximum atomic E-state index is 12.2. The molecule has 0 spiro atoms. The number of benzene rings is 1. The Balaban J connectivity index is 2.24. The molecule has 2 aromatic rings. The van der Waals surface area contributed by atoms with Crippen LogP contribution in [0.25, 0.3) is 0 Å². The highest BCUT2D eigenvalue weighted by Crippen LogP contribution is 2.23. The van der Waals surface area contributed by atoms with Crippen LogP contribution in [-0.2, 0) is 11.3 Å². The number of amides is 1. The number of nitro groups is 1. The molecule has 0 saturated heterocycles. The zero-order valence-corrected chi connectivity index (χ0v) is 13.3. The third-order valence-corrected chi connectivity index (χ3v) is 3.33. The van der Waals surface area contributed by atoms with Gasteiger partial charge in [-0.2, -0.15) is 0 Å². The second kappa shape index (κ2) is 7.40. The first-order valence-electron chi connectivity index (χ1n) is 7.30. The van der Waals surface area contributed by atoms with Crippen LogP contribution in [0.1, 0.15) is 12.6 Å². The number of nitrogens with zero attached hydrogens (tertiary/aromatic N) is 2. The predicted molar refractivity (Wildman–Crippen MR) is 88.3 cm³/mol. The third kappa shape index (κ3) is 3.78. The molecule has 2 rings (SSSR count). The van der Waals surface area contributed by atoms with E-state index in [2.05, 4.69) is 5.32 Å². The Kier molecular flexibility index (Phi) is 5.31. The molecule has 0 aliphatic heterocycles. The molecule has 1 heterocycles. The molecule has 0 aliphatic carbocycles. The summed E-state index contributed by atoms with van der Waals surface area (Å²) in [6.07, 6.45) is 0. The molecule has 1 aromatic heterocycles. The van der Waals surface area contributed by atoms with Crippen LogP contribution in [0.5, 0.6) is 5.75 Å². The molecule has 0 aliphatic rings. The molecule has 8 nitrogen and oxygen atoms in total. The third-order valence-electron chi connectivity index (χ3n) is 3.33. The van der Waals surface area contributed by atoms with Crippen LogP contribution < -0.4 is 15.6 Å². The minimum absolute atomic E-state index is 0.327. The topological polar surface area (TPSA) is 103 Å². The molecule has 0 atom stereocenters. The number of anilines is 1. The van der Waals surface area contributed by atoms with E-state index in [1.54, 1.807) is 31.2 Å². The average molecular weight is 331 g/mol. The van der Waals surface area contributed by atoms with Gasteiger partial charge in [0.1, 0.15) is 12.3 Å². The van der Waals surface area contributed by atoms with Crippen molar-refractivity contribution in [3.05, 3.63) is 62.6 Å². The fourth-order valence-electron chi connectivity index (χ4n) is 2.18. The van der Waals surface area contributed by atoms with Gasteiger partial charge >= 0.3 is 11.2 Å². The van der Waals surface area contributed by atoms with Gasteiger partial charge in [-0.15, -0.1) is 0 Å². The SMILES string of the molecule is CCOc1ccccc1NC(=O)Cn1c(C)ccc([N+](=O)[O-])c1=O. The normalized spacial score (nSPS) is 10.2. The Bertz CT molecular complexity index is 829. The molecule has 0 unspecified atom stereocenters. The van der Waals surface area contributed by atoms with Gasteiger partial charge in [-0.3, -0.25) is 24.3 Å². The number of aromatic nitrogens is 1. The number of carbonyl (C=O) groups excluding carboxylic acids is 1. The molecule has 8 heteroatoms. The highest BCUT2D eigenvalue weighted by molar-refractivity contribution is 5.92. The van der Waals surface area contributed by atoms with Crippen molar-refractivity contribution >= 4 is 17.3 Å². The Labute approximate surface area is 137 Å². The molecular formula is C16H17N3O5. The van der Waals surface area contributed by atoms with Gasteiger partial charge in [0.2, 0.25) is 5.91 Å². The van der Waals surface area contributed by atoms with Gasteiger partial charge in [0.15, 0.2) is 0 Å². The second-order valence-corrected chi connectivity index (χ2v) is 4.99. The monoisotopic (exact) mass is 331 g/mol. The Morgan fingerprint density at radius 1 is 1.29 bits per heavy atom. The van der Waals surface area contributed by atoms with Crippen molar-refractivity contribution in [2.75, 3.05) is 11.9 Å². The van der Waals surface area contributed by atoms with Crippen LogP contribution in [0, 0.1) is 17.0 Å². The van der Waals surface area contributed by atoms with Crippen LogP contribution in [-0.4, -0.2) is 22.0 Å². The van der Waals surface area contributed by atoms with E-state index in [9.17, 15) is 19.7 Å². The Morgan fingerprint density at radius 2 is 2.00 bits per heavy atom. The molecule has 0 radical (unpaired) electrons. The quantitative estimate of drug-likeness (QED) is 0.645. The predicted octanol–water partition coefficient (Wildman–Crippen LogP) is 2.10. The fraction of sp³-hybridized carbons (Fsp3) is 0.250. The van der Waals surface area contributed by atoms with E-state index in [-0.39, 0.29) is 6.54 Å². The van der Waals surface area contributed by atoms with Gasteiger partial charge in [-0.1, -0.05) is 12.1 Å². The van der Waals surface area contributed by atoms with E-state index in [4.69, 9.17) is 4.74 Å². The first-order chi connectivity index (χ1) is 11.4. The van der Waals surface area contributed by atoms with Crippen LogP contribution in [0.4, 0.5) is 11.4 Å².